The van der Waals surface area contributed by atoms with E-state index in [0.29, 0.717) is 36.1 Å². The summed E-state index contributed by atoms with van der Waals surface area (Å²) in [5.41, 5.74) is 1.52. The Bertz CT molecular complexity index is 826. The number of para-hydroxylation sites is 1. The minimum Gasteiger partial charge on any atom is -0.453 e. The molecule has 130 valence electrons. The van der Waals surface area contributed by atoms with Crippen LogP contribution in [-0.2, 0) is 11.3 Å². The van der Waals surface area contributed by atoms with Gasteiger partial charge in [-0.25, -0.2) is 0 Å². The van der Waals surface area contributed by atoms with E-state index in [4.69, 9.17) is 8.94 Å². The van der Waals surface area contributed by atoms with Crippen LogP contribution in [0.2, 0.25) is 0 Å². The van der Waals surface area contributed by atoms with Crippen molar-refractivity contribution in [3.8, 4) is 11.5 Å². The van der Waals surface area contributed by atoms with Crippen LogP contribution in [0, 0.1) is 5.92 Å². The molecule has 1 N–H and O–H groups in total. The Morgan fingerprint density at radius 1 is 1.12 bits per heavy atom. The van der Waals surface area contributed by atoms with Crippen molar-refractivity contribution in [3.63, 3.8) is 0 Å². The van der Waals surface area contributed by atoms with E-state index >= 15 is 0 Å². The van der Waals surface area contributed by atoms with Gasteiger partial charge in [-0.1, -0.05) is 42.6 Å². The van der Waals surface area contributed by atoms with Crippen LogP contribution in [0.3, 0.4) is 0 Å². The second-order valence-corrected chi connectivity index (χ2v) is 6.82. The summed E-state index contributed by atoms with van der Waals surface area (Å²) in [4.78, 5) is 12.1. The van der Waals surface area contributed by atoms with Gasteiger partial charge in [-0.3, -0.25) is 4.79 Å². The van der Waals surface area contributed by atoms with Gasteiger partial charge in [-0.05, 0) is 30.9 Å². The first-order valence-corrected chi connectivity index (χ1v) is 8.99. The van der Waals surface area contributed by atoms with E-state index in [1.807, 2.05) is 36.4 Å². The highest BCUT2D eigenvalue weighted by atomic mass is 16.5. The van der Waals surface area contributed by atoms with E-state index in [0.717, 1.165) is 11.0 Å². The number of fused-ring (bicyclic) bond motifs is 1. The van der Waals surface area contributed by atoms with E-state index in [2.05, 4.69) is 10.5 Å². The zero-order chi connectivity index (χ0) is 17.1. The SMILES string of the molecule is O=C(CC1CCCCC1)NCc1cc(-c2cc3ccccc3o2)on1. The Kier molecular flexibility index (Phi) is 4.55. The van der Waals surface area contributed by atoms with Crippen molar-refractivity contribution in [2.24, 2.45) is 5.92 Å². The van der Waals surface area contributed by atoms with E-state index in [9.17, 15) is 4.79 Å². The first kappa shape index (κ1) is 15.9. The van der Waals surface area contributed by atoms with Crippen molar-refractivity contribution in [1.82, 2.24) is 10.5 Å². The molecular formula is C20H22N2O3. The largest absolute Gasteiger partial charge is 0.453 e. The summed E-state index contributed by atoms with van der Waals surface area (Å²) in [6.45, 7) is 0.384. The smallest absolute Gasteiger partial charge is 0.220 e. The molecule has 1 amide bonds. The fourth-order valence-corrected chi connectivity index (χ4v) is 3.53. The monoisotopic (exact) mass is 338 g/mol. The molecule has 5 heteroatoms. The van der Waals surface area contributed by atoms with Crippen LogP contribution >= 0.6 is 0 Å². The van der Waals surface area contributed by atoms with Crippen molar-refractivity contribution in [1.29, 1.82) is 0 Å². The second-order valence-electron chi connectivity index (χ2n) is 6.82. The van der Waals surface area contributed by atoms with E-state index in [1.165, 1.54) is 32.1 Å². The van der Waals surface area contributed by atoms with Gasteiger partial charge in [0, 0.05) is 17.9 Å². The minimum absolute atomic E-state index is 0.0974. The summed E-state index contributed by atoms with van der Waals surface area (Å²) >= 11 is 0. The molecule has 2 heterocycles. The van der Waals surface area contributed by atoms with Gasteiger partial charge in [0.1, 0.15) is 11.3 Å². The average molecular weight is 338 g/mol. The number of nitrogens with one attached hydrogen (secondary N) is 1. The van der Waals surface area contributed by atoms with E-state index in [-0.39, 0.29) is 5.91 Å². The maximum absolute atomic E-state index is 12.1. The van der Waals surface area contributed by atoms with E-state index in [1.54, 1.807) is 0 Å². The third-order valence-corrected chi connectivity index (χ3v) is 4.89. The van der Waals surface area contributed by atoms with Crippen LogP contribution in [0.1, 0.15) is 44.2 Å². The molecule has 0 aliphatic heterocycles. The molecule has 1 aliphatic carbocycles. The zero-order valence-electron chi connectivity index (χ0n) is 14.2. The van der Waals surface area contributed by atoms with Crippen molar-refractivity contribution in [2.45, 2.75) is 45.1 Å². The van der Waals surface area contributed by atoms with Gasteiger partial charge < -0.3 is 14.3 Å². The molecule has 0 atom stereocenters. The van der Waals surface area contributed by atoms with Gasteiger partial charge in [0.2, 0.25) is 11.7 Å². The quantitative estimate of drug-likeness (QED) is 0.734. The number of hydrogen-bond donors (Lipinski definition) is 1. The highest BCUT2D eigenvalue weighted by Gasteiger charge is 2.17. The van der Waals surface area contributed by atoms with Crippen molar-refractivity contribution >= 4 is 16.9 Å². The molecule has 5 nitrogen and oxygen atoms in total. The number of aromatic nitrogens is 1. The fourth-order valence-electron chi connectivity index (χ4n) is 3.53. The Morgan fingerprint density at radius 2 is 1.96 bits per heavy atom. The van der Waals surface area contributed by atoms with Crippen LogP contribution in [-0.4, -0.2) is 11.1 Å². The number of hydrogen-bond acceptors (Lipinski definition) is 4. The average Bonchev–Trinajstić information content (AvgIpc) is 3.27. The van der Waals surface area contributed by atoms with Gasteiger partial charge >= 0.3 is 0 Å². The van der Waals surface area contributed by atoms with Crippen molar-refractivity contribution in [2.75, 3.05) is 0 Å². The van der Waals surface area contributed by atoms with Crippen LogP contribution in [0.4, 0.5) is 0 Å². The number of carbonyl (C=O) groups excluding carboxylic acids is 1. The fraction of sp³-hybridized carbons (Fsp3) is 0.400. The molecule has 1 aliphatic rings. The molecule has 0 bridgehead atoms. The maximum Gasteiger partial charge on any atom is 0.220 e. The first-order chi connectivity index (χ1) is 12.3. The normalized spacial score (nSPS) is 15.5. The molecule has 0 spiro atoms. The number of rotatable bonds is 5. The lowest BCUT2D eigenvalue weighted by atomic mass is 9.87. The van der Waals surface area contributed by atoms with Crippen LogP contribution < -0.4 is 5.32 Å². The topological polar surface area (TPSA) is 68.3 Å². The Labute approximate surface area is 146 Å². The highest BCUT2D eigenvalue weighted by Crippen LogP contribution is 2.28. The molecule has 1 fully saturated rings. The molecule has 1 aromatic carbocycles. The van der Waals surface area contributed by atoms with Crippen molar-refractivity contribution in [3.05, 3.63) is 42.1 Å². The Morgan fingerprint density at radius 3 is 2.80 bits per heavy atom. The first-order valence-electron chi connectivity index (χ1n) is 8.99. The Hall–Kier alpha value is -2.56. The third-order valence-electron chi connectivity index (χ3n) is 4.89. The zero-order valence-corrected chi connectivity index (χ0v) is 14.2. The molecule has 0 saturated heterocycles. The second kappa shape index (κ2) is 7.13. The summed E-state index contributed by atoms with van der Waals surface area (Å²) < 4.78 is 11.1. The molecule has 1 saturated carbocycles. The summed E-state index contributed by atoms with van der Waals surface area (Å²) in [7, 11) is 0. The standard InChI is InChI=1S/C20H22N2O3/c23-20(10-14-6-2-1-3-7-14)21-13-16-12-19(25-22-16)18-11-15-8-4-5-9-17(15)24-18/h4-5,8-9,11-12,14H,1-3,6-7,10,13H2,(H,21,23). The third kappa shape index (κ3) is 3.76. The van der Waals surface area contributed by atoms with Gasteiger partial charge in [0.15, 0.2) is 5.76 Å². The number of benzene rings is 1. The molecule has 2 aromatic heterocycles. The van der Waals surface area contributed by atoms with E-state index < -0.39 is 0 Å². The maximum atomic E-state index is 12.1. The minimum atomic E-state index is 0.0974. The van der Waals surface area contributed by atoms with Crippen LogP contribution in [0.25, 0.3) is 22.5 Å². The number of furan rings is 1. The molecule has 25 heavy (non-hydrogen) atoms. The predicted octanol–water partition coefficient (Wildman–Crippen LogP) is 4.67. The molecule has 0 radical (unpaired) electrons. The lowest BCUT2D eigenvalue weighted by Gasteiger charge is -2.20. The summed E-state index contributed by atoms with van der Waals surface area (Å²) in [5, 5.41) is 8.00. The summed E-state index contributed by atoms with van der Waals surface area (Å²) in [6, 6.07) is 11.6. The lowest BCUT2D eigenvalue weighted by molar-refractivity contribution is -0.122. The van der Waals surface area contributed by atoms with Gasteiger partial charge in [0.05, 0.1) is 6.54 Å². The van der Waals surface area contributed by atoms with Crippen LogP contribution in [0.5, 0.6) is 0 Å². The predicted molar refractivity (Wildman–Crippen MR) is 94.7 cm³/mol. The molecule has 4 rings (SSSR count). The van der Waals surface area contributed by atoms with Crippen LogP contribution in [0.15, 0.2) is 45.3 Å². The summed E-state index contributed by atoms with van der Waals surface area (Å²) in [5.74, 6) is 1.86. The molecule has 0 unspecified atom stereocenters. The van der Waals surface area contributed by atoms with Gasteiger partial charge in [-0.15, -0.1) is 0 Å². The lowest BCUT2D eigenvalue weighted by Crippen LogP contribution is -2.26. The highest BCUT2D eigenvalue weighted by molar-refractivity contribution is 5.81. The molecule has 3 aromatic rings. The Balaban J connectivity index is 1.35. The number of nitrogens with zero attached hydrogens (tertiary/aromatic N) is 1. The molecular weight excluding hydrogens is 316 g/mol. The van der Waals surface area contributed by atoms with Gasteiger partial charge in [-0.2, -0.15) is 0 Å². The number of carbonyl (C=O) groups is 1. The van der Waals surface area contributed by atoms with Crippen molar-refractivity contribution < 1.29 is 13.7 Å². The van der Waals surface area contributed by atoms with Gasteiger partial charge in [0.25, 0.3) is 0 Å². The summed E-state index contributed by atoms with van der Waals surface area (Å²) in [6.07, 6.45) is 6.78. The number of amides is 1.